The molecule has 1 nitrogen and oxygen atoms in total. The molecule has 0 bridgehead atoms. The van der Waals surface area contributed by atoms with Gasteiger partial charge in [-0.15, -0.1) is 0 Å². The van der Waals surface area contributed by atoms with Crippen molar-refractivity contribution >= 4 is 0 Å². The SMILES string of the molecule is CC(C)=CCC(C)C/C=C/C(C)=C/CO. The maximum atomic E-state index is 8.67. The summed E-state index contributed by atoms with van der Waals surface area (Å²) in [5.41, 5.74) is 2.52. The fraction of sp³-hybridized carbons (Fsp3) is 0.571. The molecule has 1 N–H and O–H groups in total. The molecule has 0 aliphatic carbocycles. The molecule has 1 atom stereocenters. The van der Waals surface area contributed by atoms with Crippen LogP contribution in [0.15, 0.2) is 35.5 Å². The van der Waals surface area contributed by atoms with Crippen LogP contribution >= 0.6 is 0 Å². The lowest BCUT2D eigenvalue weighted by Crippen LogP contribution is -1.90. The molecule has 0 amide bonds. The summed E-state index contributed by atoms with van der Waals surface area (Å²) in [6, 6.07) is 0. The Morgan fingerprint density at radius 3 is 2.33 bits per heavy atom. The smallest absolute Gasteiger partial charge is 0.0617 e. The second-order valence-corrected chi connectivity index (χ2v) is 4.39. The summed E-state index contributed by atoms with van der Waals surface area (Å²) in [7, 11) is 0. The van der Waals surface area contributed by atoms with Gasteiger partial charge >= 0.3 is 0 Å². The van der Waals surface area contributed by atoms with Crippen molar-refractivity contribution in [2.45, 2.75) is 40.5 Å². The lowest BCUT2D eigenvalue weighted by atomic mass is 10.0. The molecule has 1 heteroatoms. The highest BCUT2D eigenvalue weighted by molar-refractivity contribution is 5.15. The summed E-state index contributed by atoms with van der Waals surface area (Å²) in [5, 5.41) is 8.67. The first-order chi connectivity index (χ1) is 7.06. The maximum Gasteiger partial charge on any atom is 0.0617 e. The molecule has 0 radical (unpaired) electrons. The van der Waals surface area contributed by atoms with Gasteiger partial charge in [-0.3, -0.25) is 0 Å². The second kappa shape index (κ2) is 8.49. The molecular weight excluding hydrogens is 184 g/mol. The zero-order chi connectivity index (χ0) is 11.7. The van der Waals surface area contributed by atoms with Crippen LogP contribution in [-0.4, -0.2) is 11.7 Å². The second-order valence-electron chi connectivity index (χ2n) is 4.39. The first-order valence-corrected chi connectivity index (χ1v) is 5.63. The van der Waals surface area contributed by atoms with Crippen LogP contribution in [0.2, 0.25) is 0 Å². The van der Waals surface area contributed by atoms with Gasteiger partial charge in [0.2, 0.25) is 0 Å². The van der Waals surface area contributed by atoms with E-state index >= 15 is 0 Å². The topological polar surface area (TPSA) is 20.2 Å². The number of aliphatic hydroxyl groups is 1. The molecule has 0 aromatic heterocycles. The molecule has 0 saturated heterocycles. The van der Waals surface area contributed by atoms with E-state index in [0.717, 1.165) is 18.4 Å². The first-order valence-electron chi connectivity index (χ1n) is 5.63. The van der Waals surface area contributed by atoms with E-state index in [4.69, 9.17) is 5.11 Å². The highest BCUT2D eigenvalue weighted by atomic mass is 16.2. The Kier molecular flexibility index (Phi) is 8.02. The highest BCUT2D eigenvalue weighted by Gasteiger charge is 1.96. The van der Waals surface area contributed by atoms with Crippen LogP contribution in [0.1, 0.15) is 40.5 Å². The molecule has 86 valence electrons. The van der Waals surface area contributed by atoms with Gasteiger partial charge in [0, 0.05) is 0 Å². The molecule has 0 saturated carbocycles. The van der Waals surface area contributed by atoms with Gasteiger partial charge in [-0.05, 0) is 39.5 Å². The zero-order valence-corrected chi connectivity index (χ0v) is 10.5. The molecular formula is C14H24O. The van der Waals surface area contributed by atoms with Crippen LogP contribution in [0, 0.1) is 5.92 Å². The summed E-state index contributed by atoms with van der Waals surface area (Å²) in [6.45, 7) is 8.67. The molecule has 15 heavy (non-hydrogen) atoms. The normalized spacial score (nSPS) is 14.3. The molecule has 0 spiro atoms. The summed E-state index contributed by atoms with van der Waals surface area (Å²) >= 11 is 0. The van der Waals surface area contributed by atoms with Crippen LogP contribution in [-0.2, 0) is 0 Å². The van der Waals surface area contributed by atoms with Gasteiger partial charge in [-0.2, -0.15) is 0 Å². The summed E-state index contributed by atoms with van der Waals surface area (Å²) < 4.78 is 0. The molecule has 0 aliphatic heterocycles. The third-order valence-electron chi connectivity index (χ3n) is 2.26. The fourth-order valence-corrected chi connectivity index (χ4v) is 1.23. The van der Waals surface area contributed by atoms with E-state index in [0.29, 0.717) is 5.92 Å². The Hall–Kier alpha value is -0.820. The predicted octanol–water partition coefficient (Wildman–Crippen LogP) is 3.86. The van der Waals surface area contributed by atoms with E-state index in [1.54, 1.807) is 0 Å². The summed E-state index contributed by atoms with van der Waals surface area (Å²) in [6.07, 6.45) is 10.6. The molecule has 0 heterocycles. The molecule has 1 unspecified atom stereocenters. The van der Waals surface area contributed by atoms with Crippen LogP contribution in [0.25, 0.3) is 0 Å². The minimum absolute atomic E-state index is 0.128. The quantitative estimate of drug-likeness (QED) is 0.519. The number of aliphatic hydroxyl groups excluding tert-OH is 1. The fourth-order valence-electron chi connectivity index (χ4n) is 1.23. The van der Waals surface area contributed by atoms with Gasteiger partial charge in [0.25, 0.3) is 0 Å². The van der Waals surface area contributed by atoms with Gasteiger partial charge in [0.05, 0.1) is 6.61 Å². The summed E-state index contributed by atoms with van der Waals surface area (Å²) in [4.78, 5) is 0. The van der Waals surface area contributed by atoms with Gasteiger partial charge < -0.3 is 5.11 Å². The van der Waals surface area contributed by atoms with E-state index in [-0.39, 0.29) is 6.61 Å². The zero-order valence-electron chi connectivity index (χ0n) is 10.5. The average molecular weight is 208 g/mol. The minimum atomic E-state index is 0.128. The van der Waals surface area contributed by atoms with Gasteiger partial charge in [0.15, 0.2) is 0 Å². The largest absolute Gasteiger partial charge is 0.392 e. The van der Waals surface area contributed by atoms with Crippen LogP contribution in [0.5, 0.6) is 0 Å². The average Bonchev–Trinajstić information content (AvgIpc) is 2.15. The monoisotopic (exact) mass is 208 g/mol. The van der Waals surface area contributed by atoms with Crippen LogP contribution in [0.3, 0.4) is 0 Å². The van der Waals surface area contributed by atoms with Crippen molar-refractivity contribution < 1.29 is 5.11 Å². The lowest BCUT2D eigenvalue weighted by molar-refractivity contribution is 0.342. The van der Waals surface area contributed by atoms with Crippen molar-refractivity contribution in [2.75, 3.05) is 6.61 Å². The number of allylic oxidation sites excluding steroid dienone is 5. The van der Waals surface area contributed by atoms with Crippen LogP contribution < -0.4 is 0 Å². The van der Waals surface area contributed by atoms with Gasteiger partial charge in [0.1, 0.15) is 0 Å². The Labute approximate surface area is 94.2 Å². The van der Waals surface area contributed by atoms with E-state index in [1.807, 2.05) is 13.0 Å². The minimum Gasteiger partial charge on any atom is -0.392 e. The van der Waals surface area contributed by atoms with Crippen molar-refractivity contribution in [2.24, 2.45) is 5.92 Å². The van der Waals surface area contributed by atoms with Crippen molar-refractivity contribution in [3.63, 3.8) is 0 Å². The van der Waals surface area contributed by atoms with Crippen molar-refractivity contribution in [3.05, 3.63) is 35.5 Å². The first kappa shape index (κ1) is 14.2. The third-order valence-corrected chi connectivity index (χ3v) is 2.26. The van der Waals surface area contributed by atoms with Crippen LogP contribution in [0.4, 0.5) is 0 Å². The third kappa shape index (κ3) is 9.48. The molecule has 0 aromatic rings. The van der Waals surface area contributed by atoms with E-state index < -0.39 is 0 Å². The van der Waals surface area contributed by atoms with E-state index in [1.165, 1.54) is 5.57 Å². The van der Waals surface area contributed by atoms with Gasteiger partial charge in [-0.25, -0.2) is 0 Å². The lowest BCUT2D eigenvalue weighted by Gasteiger charge is -2.04. The Balaban J connectivity index is 3.85. The van der Waals surface area contributed by atoms with Crippen molar-refractivity contribution in [1.82, 2.24) is 0 Å². The molecule has 0 aliphatic rings. The number of hydrogen-bond acceptors (Lipinski definition) is 1. The molecule has 0 rings (SSSR count). The van der Waals surface area contributed by atoms with E-state index in [9.17, 15) is 0 Å². The number of hydrogen-bond donors (Lipinski definition) is 1. The van der Waals surface area contributed by atoms with Gasteiger partial charge in [-0.1, -0.05) is 42.4 Å². The summed E-state index contributed by atoms with van der Waals surface area (Å²) in [5.74, 6) is 0.693. The van der Waals surface area contributed by atoms with Crippen molar-refractivity contribution in [3.8, 4) is 0 Å². The Morgan fingerprint density at radius 2 is 1.80 bits per heavy atom. The molecule has 0 fully saturated rings. The maximum absolute atomic E-state index is 8.67. The highest BCUT2D eigenvalue weighted by Crippen LogP contribution is 2.11. The molecule has 0 aromatic carbocycles. The number of rotatable bonds is 6. The standard InChI is InChI=1S/C14H24O/c1-12(2)8-9-13(3)6-5-7-14(4)10-11-15/h5,7-8,10,13,15H,6,9,11H2,1-4H3/b7-5+,14-10+. The van der Waals surface area contributed by atoms with Crippen molar-refractivity contribution in [1.29, 1.82) is 0 Å². The Bertz CT molecular complexity index is 242. The predicted molar refractivity (Wildman–Crippen MR) is 67.8 cm³/mol. The van der Waals surface area contributed by atoms with E-state index in [2.05, 4.69) is 39.0 Å². The Morgan fingerprint density at radius 1 is 1.13 bits per heavy atom.